The largest absolute Gasteiger partial charge is 0.380 e. The average molecular weight is 438 g/mol. The van der Waals surface area contributed by atoms with Crippen LogP contribution in [-0.2, 0) is 12.0 Å². The normalized spacial score (nSPS) is 15.2. The van der Waals surface area contributed by atoms with Crippen LogP contribution in [0.3, 0.4) is 0 Å². The predicted molar refractivity (Wildman–Crippen MR) is 134 cm³/mol. The summed E-state index contributed by atoms with van der Waals surface area (Å²) in [6.07, 6.45) is 3.70. The highest BCUT2D eigenvalue weighted by Crippen LogP contribution is 2.42. The molecule has 0 amide bonds. The number of benzene rings is 3. The third-order valence-electron chi connectivity index (χ3n) is 6.92. The molecule has 1 aliphatic heterocycles. The van der Waals surface area contributed by atoms with Crippen LogP contribution >= 0.6 is 0 Å². The Balaban J connectivity index is 1.46. The molecule has 1 N–H and O–H groups in total. The van der Waals surface area contributed by atoms with Crippen molar-refractivity contribution in [2.45, 2.75) is 38.2 Å². The second-order valence-electron chi connectivity index (χ2n) is 8.99. The van der Waals surface area contributed by atoms with E-state index in [0.29, 0.717) is 0 Å². The monoisotopic (exact) mass is 437 g/mol. The van der Waals surface area contributed by atoms with Gasteiger partial charge in [0.15, 0.2) is 0 Å². The number of piperidine rings is 1. The fourth-order valence-corrected chi connectivity index (χ4v) is 5.21. The zero-order chi connectivity index (χ0) is 22.7. The van der Waals surface area contributed by atoms with E-state index in [0.717, 1.165) is 72.4 Å². The zero-order valence-corrected chi connectivity index (χ0v) is 19.2. The highest BCUT2D eigenvalue weighted by molar-refractivity contribution is 5.89. The highest BCUT2D eigenvalue weighted by atomic mass is 16.3. The number of para-hydroxylation sites is 1. The van der Waals surface area contributed by atoms with Crippen LogP contribution in [0.5, 0.6) is 0 Å². The lowest BCUT2D eigenvalue weighted by molar-refractivity contribution is 0.00502. The lowest BCUT2D eigenvalue weighted by atomic mass is 9.72. The molecule has 1 aromatic heterocycles. The Morgan fingerprint density at radius 2 is 1.39 bits per heavy atom. The summed E-state index contributed by atoms with van der Waals surface area (Å²) < 4.78 is 0. The Labute approximate surface area is 195 Å². The standard InChI is InChI=1S/C29H31N3O/c1-2-11-27-30-26-17-10-9-16-25(26)28(31-27)32-20-18-24(19-21-32)29(33,22-12-5-3-6-13-22)23-14-7-4-8-15-23/h3-10,12-17,24,33H,2,11,18-21H2,1H3. The SMILES string of the molecule is CCCc1nc(N2CCC(C(O)(c3ccccc3)c3ccccc3)CC2)c2ccccc2n1. The molecule has 5 rings (SSSR count). The van der Waals surface area contributed by atoms with Crippen molar-refractivity contribution in [3.63, 3.8) is 0 Å². The molecule has 33 heavy (non-hydrogen) atoms. The van der Waals surface area contributed by atoms with Crippen molar-refractivity contribution in [3.05, 3.63) is 102 Å². The molecule has 2 heterocycles. The zero-order valence-electron chi connectivity index (χ0n) is 19.2. The summed E-state index contributed by atoms with van der Waals surface area (Å²) in [5.74, 6) is 2.07. The molecule has 0 aliphatic carbocycles. The maximum Gasteiger partial charge on any atom is 0.140 e. The Kier molecular flexibility index (Phi) is 6.10. The summed E-state index contributed by atoms with van der Waals surface area (Å²) in [5.41, 5.74) is 1.94. The maximum atomic E-state index is 12.2. The van der Waals surface area contributed by atoms with Crippen LogP contribution in [0.4, 0.5) is 5.82 Å². The number of aromatic nitrogens is 2. The molecule has 3 aromatic carbocycles. The summed E-state index contributed by atoms with van der Waals surface area (Å²) >= 11 is 0. The van der Waals surface area contributed by atoms with Gasteiger partial charge < -0.3 is 10.0 Å². The molecule has 4 aromatic rings. The molecule has 0 unspecified atom stereocenters. The van der Waals surface area contributed by atoms with Gasteiger partial charge in [0.05, 0.1) is 5.52 Å². The van der Waals surface area contributed by atoms with E-state index in [-0.39, 0.29) is 5.92 Å². The van der Waals surface area contributed by atoms with Gasteiger partial charge in [-0.05, 0) is 48.4 Å². The van der Waals surface area contributed by atoms with Crippen LogP contribution < -0.4 is 4.90 Å². The number of rotatable bonds is 6. The van der Waals surface area contributed by atoms with E-state index < -0.39 is 5.60 Å². The Morgan fingerprint density at radius 3 is 2.00 bits per heavy atom. The number of nitrogens with zero attached hydrogens (tertiary/aromatic N) is 3. The van der Waals surface area contributed by atoms with E-state index in [2.05, 4.69) is 30.0 Å². The molecule has 1 saturated heterocycles. The Hall–Kier alpha value is -3.24. The Morgan fingerprint density at radius 1 is 0.818 bits per heavy atom. The van der Waals surface area contributed by atoms with Gasteiger partial charge in [0.25, 0.3) is 0 Å². The van der Waals surface area contributed by atoms with Crippen LogP contribution in [-0.4, -0.2) is 28.2 Å². The molecule has 1 aliphatic rings. The van der Waals surface area contributed by atoms with Gasteiger partial charge in [-0.15, -0.1) is 0 Å². The lowest BCUT2D eigenvalue weighted by Gasteiger charge is -2.42. The lowest BCUT2D eigenvalue weighted by Crippen LogP contribution is -2.44. The molecule has 4 nitrogen and oxygen atoms in total. The van der Waals surface area contributed by atoms with E-state index in [4.69, 9.17) is 9.97 Å². The fourth-order valence-electron chi connectivity index (χ4n) is 5.21. The van der Waals surface area contributed by atoms with Crippen LogP contribution in [0.15, 0.2) is 84.9 Å². The van der Waals surface area contributed by atoms with E-state index in [1.807, 2.05) is 66.7 Å². The first kappa shape index (κ1) is 21.6. The number of aryl methyl sites for hydroxylation is 1. The van der Waals surface area contributed by atoms with E-state index >= 15 is 0 Å². The van der Waals surface area contributed by atoms with Crippen molar-refractivity contribution in [3.8, 4) is 0 Å². The first-order valence-electron chi connectivity index (χ1n) is 12.0. The summed E-state index contributed by atoms with van der Waals surface area (Å²) in [6, 6.07) is 28.6. The van der Waals surface area contributed by atoms with Crippen molar-refractivity contribution < 1.29 is 5.11 Å². The predicted octanol–water partition coefficient (Wildman–Crippen LogP) is 5.73. The van der Waals surface area contributed by atoms with Gasteiger partial charge in [-0.1, -0.05) is 79.7 Å². The van der Waals surface area contributed by atoms with Crippen LogP contribution in [0.25, 0.3) is 10.9 Å². The first-order valence-corrected chi connectivity index (χ1v) is 12.0. The summed E-state index contributed by atoms with van der Waals surface area (Å²) in [4.78, 5) is 12.1. The molecule has 4 heteroatoms. The molecular formula is C29H31N3O. The van der Waals surface area contributed by atoms with Crippen LogP contribution in [0.1, 0.15) is 43.1 Å². The smallest absolute Gasteiger partial charge is 0.140 e. The third-order valence-corrected chi connectivity index (χ3v) is 6.92. The van der Waals surface area contributed by atoms with Gasteiger partial charge in [0, 0.05) is 24.9 Å². The fraction of sp³-hybridized carbons (Fsp3) is 0.310. The summed E-state index contributed by atoms with van der Waals surface area (Å²) in [5, 5.41) is 13.3. The average Bonchev–Trinajstić information content (AvgIpc) is 2.89. The number of hydrogen-bond donors (Lipinski definition) is 1. The van der Waals surface area contributed by atoms with Gasteiger partial charge in [-0.2, -0.15) is 0 Å². The van der Waals surface area contributed by atoms with Crippen molar-refractivity contribution >= 4 is 16.7 Å². The van der Waals surface area contributed by atoms with Crippen molar-refractivity contribution in [2.24, 2.45) is 5.92 Å². The Bertz CT molecular complexity index is 1160. The van der Waals surface area contributed by atoms with Crippen molar-refractivity contribution in [2.75, 3.05) is 18.0 Å². The third kappa shape index (κ3) is 4.11. The highest BCUT2D eigenvalue weighted by Gasteiger charge is 2.41. The minimum Gasteiger partial charge on any atom is -0.380 e. The van der Waals surface area contributed by atoms with Gasteiger partial charge in [0.2, 0.25) is 0 Å². The maximum absolute atomic E-state index is 12.2. The van der Waals surface area contributed by atoms with Crippen LogP contribution in [0, 0.1) is 5.92 Å². The van der Waals surface area contributed by atoms with Gasteiger partial charge in [-0.25, -0.2) is 9.97 Å². The van der Waals surface area contributed by atoms with E-state index in [1.165, 1.54) is 0 Å². The first-order chi connectivity index (χ1) is 16.2. The van der Waals surface area contributed by atoms with Gasteiger partial charge in [-0.3, -0.25) is 0 Å². The molecule has 0 radical (unpaired) electrons. The van der Waals surface area contributed by atoms with Gasteiger partial charge in [0.1, 0.15) is 17.2 Å². The molecule has 0 atom stereocenters. The molecular weight excluding hydrogens is 406 g/mol. The van der Waals surface area contributed by atoms with E-state index in [9.17, 15) is 5.11 Å². The van der Waals surface area contributed by atoms with Gasteiger partial charge >= 0.3 is 0 Å². The minimum atomic E-state index is -1.00. The second-order valence-corrected chi connectivity index (χ2v) is 8.99. The number of aliphatic hydroxyl groups is 1. The molecule has 168 valence electrons. The second kappa shape index (κ2) is 9.32. The number of hydrogen-bond acceptors (Lipinski definition) is 4. The molecule has 0 spiro atoms. The molecule has 0 saturated carbocycles. The summed E-state index contributed by atoms with van der Waals surface area (Å²) in [7, 11) is 0. The van der Waals surface area contributed by atoms with Crippen molar-refractivity contribution in [1.82, 2.24) is 9.97 Å². The minimum absolute atomic E-state index is 0.127. The molecule has 1 fully saturated rings. The summed E-state index contributed by atoms with van der Waals surface area (Å²) in [6.45, 7) is 3.89. The van der Waals surface area contributed by atoms with Crippen molar-refractivity contribution in [1.29, 1.82) is 0 Å². The van der Waals surface area contributed by atoms with Crippen LogP contribution in [0.2, 0.25) is 0 Å². The molecule has 0 bridgehead atoms. The quantitative estimate of drug-likeness (QED) is 0.418. The number of fused-ring (bicyclic) bond motifs is 1. The topological polar surface area (TPSA) is 49.2 Å². The number of anilines is 1. The van der Waals surface area contributed by atoms with E-state index in [1.54, 1.807) is 0 Å².